The smallest absolute Gasteiger partial charge is 0.323 e. The predicted octanol–water partition coefficient (Wildman–Crippen LogP) is 0.253. The Balaban J connectivity index is 2.28. The van der Waals surface area contributed by atoms with Crippen LogP contribution in [0.5, 0.6) is 5.75 Å². The number of nitro groups is 1. The first-order chi connectivity index (χ1) is 11.3. The zero-order valence-corrected chi connectivity index (χ0v) is 12.8. The number of rotatable bonds is 6. The number of carboxylic acids is 1. The van der Waals surface area contributed by atoms with Crippen molar-refractivity contribution in [2.45, 2.75) is 6.92 Å². The fourth-order valence-corrected chi connectivity index (χ4v) is 2.25. The number of carbonyl (C=O) groups excluding carboxylic acids is 2. The van der Waals surface area contributed by atoms with Gasteiger partial charge >= 0.3 is 5.97 Å². The number of likely N-dealkylation sites (N-methyl/N-ethyl adjacent to an activating group) is 1. The van der Waals surface area contributed by atoms with Crippen LogP contribution in [0.1, 0.15) is 6.92 Å². The van der Waals surface area contributed by atoms with Crippen LogP contribution in [0.15, 0.2) is 18.2 Å². The number of amides is 2. The van der Waals surface area contributed by atoms with Crippen LogP contribution in [0.3, 0.4) is 0 Å². The van der Waals surface area contributed by atoms with Crippen molar-refractivity contribution in [2.24, 2.45) is 0 Å². The summed E-state index contributed by atoms with van der Waals surface area (Å²) in [5.74, 6) is -2.04. The second-order valence-electron chi connectivity index (χ2n) is 4.98. The Hall–Kier alpha value is -3.17. The zero-order chi connectivity index (χ0) is 17.9. The number of nitro benzene ring substituents is 1. The quantitative estimate of drug-likeness (QED) is 0.581. The molecule has 2 amide bonds. The van der Waals surface area contributed by atoms with E-state index in [4.69, 9.17) is 9.84 Å². The van der Waals surface area contributed by atoms with Crippen LogP contribution in [-0.2, 0) is 14.4 Å². The van der Waals surface area contributed by atoms with Gasteiger partial charge in [-0.2, -0.15) is 0 Å². The van der Waals surface area contributed by atoms with Crippen molar-refractivity contribution in [3.63, 3.8) is 0 Å². The molecular formula is C14H15N3O7. The number of anilines is 1. The van der Waals surface area contributed by atoms with Crippen molar-refractivity contribution in [2.75, 3.05) is 31.1 Å². The average Bonchev–Trinajstić information content (AvgIpc) is 2.54. The van der Waals surface area contributed by atoms with Crippen molar-refractivity contribution >= 4 is 29.2 Å². The molecule has 0 fully saturated rings. The van der Waals surface area contributed by atoms with E-state index in [9.17, 15) is 24.5 Å². The molecule has 24 heavy (non-hydrogen) atoms. The summed E-state index contributed by atoms with van der Waals surface area (Å²) < 4.78 is 5.20. The molecule has 0 atom stereocenters. The van der Waals surface area contributed by atoms with E-state index in [1.807, 2.05) is 0 Å². The number of fused-ring (bicyclic) bond motifs is 1. The molecule has 0 bridgehead atoms. The summed E-state index contributed by atoms with van der Waals surface area (Å²) in [7, 11) is 0. The van der Waals surface area contributed by atoms with E-state index in [0.29, 0.717) is 0 Å². The summed E-state index contributed by atoms with van der Waals surface area (Å²) >= 11 is 0. The SMILES string of the molecule is CCN(CC(=O)O)C(=O)CN1C(=O)COc2ccc([N+](=O)[O-])cc21. The molecule has 0 saturated carbocycles. The molecule has 1 aromatic rings. The highest BCUT2D eigenvalue weighted by atomic mass is 16.6. The maximum atomic E-state index is 12.2. The molecule has 0 spiro atoms. The summed E-state index contributed by atoms with van der Waals surface area (Å²) in [6.45, 7) is 0.558. The molecule has 10 nitrogen and oxygen atoms in total. The van der Waals surface area contributed by atoms with Gasteiger partial charge in [0.05, 0.1) is 10.6 Å². The minimum atomic E-state index is -1.17. The Kier molecular flexibility index (Phi) is 4.97. The van der Waals surface area contributed by atoms with Crippen molar-refractivity contribution in [3.05, 3.63) is 28.3 Å². The number of carbonyl (C=O) groups is 3. The molecule has 2 rings (SSSR count). The topological polar surface area (TPSA) is 130 Å². The molecule has 10 heteroatoms. The summed E-state index contributed by atoms with van der Waals surface area (Å²) in [6.07, 6.45) is 0. The molecule has 1 aliphatic heterocycles. The minimum Gasteiger partial charge on any atom is -0.482 e. The van der Waals surface area contributed by atoms with Gasteiger partial charge in [0, 0.05) is 18.7 Å². The van der Waals surface area contributed by atoms with Gasteiger partial charge in [0.1, 0.15) is 18.8 Å². The normalized spacial score (nSPS) is 13.0. The van der Waals surface area contributed by atoms with Gasteiger partial charge in [0.15, 0.2) is 6.61 Å². The molecule has 0 radical (unpaired) electrons. The number of non-ortho nitro benzene ring substituents is 1. The third kappa shape index (κ3) is 3.59. The summed E-state index contributed by atoms with van der Waals surface area (Å²) in [5, 5.41) is 19.7. The molecule has 1 N–H and O–H groups in total. The van der Waals surface area contributed by atoms with Crippen molar-refractivity contribution in [1.82, 2.24) is 4.90 Å². The first kappa shape index (κ1) is 17.2. The van der Waals surface area contributed by atoms with Crippen molar-refractivity contribution < 1.29 is 29.2 Å². The molecule has 0 aromatic heterocycles. The molecule has 1 aliphatic rings. The molecule has 0 saturated heterocycles. The summed E-state index contributed by atoms with van der Waals surface area (Å²) in [4.78, 5) is 47.5. The average molecular weight is 337 g/mol. The Bertz CT molecular complexity index is 704. The Morgan fingerprint density at radius 3 is 2.75 bits per heavy atom. The van der Waals surface area contributed by atoms with Gasteiger partial charge in [-0.15, -0.1) is 0 Å². The fourth-order valence-electron chi connectivity index (χ4n) is 2.25. The zero-order valence-electron chi connectivity index (χ0n) is 12.8. The predicted molar refractivity (Wildman–Crippen MR) is 80.8 cm³/mol. The minimum absolute atomic E-state index is 0.111. The van der Waals surface area contributed by atoms with Crippen LogP contribution in [0.4, 0.5) is 11.4 Å². The first-order valence-electron chi connectivity index (χ1n) is 7.04. The first-order valence-corrected chi connectivity index (χ1v) is 7.04. The lowest BCUT2D eigenvalue weighted by Crippen LogP contribution is -2.47. The van der Waals surface area contributed by atoms with Gasteiger partial charge in [0.25, 0.3) is 11.6 Å². The van der Waals surface area contributed by atoms with Gasteiger partial charge in [-0.05, 0) is 13.0 Å². The van der Waals surface area contributed by atoms with Crippen molar-refractivity contribution in [3.8, 4) is 5.75 Å². The number of hydrogen-bond acceptors (Lipinski definition) is 6. The van der Waals surface area contributed by atoms with Crippen LogP contribution in [0.2, 0.25) is 0 Å². The van der Waals surface area contributed by atoms with E-state index in [2.05, 4.69) is 0 Å². The molecule has 0 unspecified atom stereocenters. The van der Waals surface area contributed by atoms with Gasteiger partial charge < -0.3 is 14.7 Å². The van der Waals surface area contributed by atoms with Crippen LogP contribution in [0.25, 0.3) is 0 Å². The van der Waals surface area contributed by atoms with E-state index < -0.39 is 35.8 Å². The second-order valence-corrected chi connectivity index (χ2v) is 4.98. The van der Waals surface area contributed by atoms with E-state index in [0.717, 1.165) is 15.9 Å². The molecule has 1 aromatic carbocycles. The number of ether oxygens (including phenoxy) is 1. The van der Waals surface area contributed by atoms with Gasteiger partial charge in [-0.3, -0.25) is 29.4 Å². The number of carboxylic acid groups (broad SMARTS) is 1. The van der Waals surface area contributed by atoms with Crippen LogP contribution in [-0.4, -0.2) is 59.0 Å². The van der Waals surface area contributed by atoms with E-state index >= 15 is 0 Å². The summed E-state index contributed by atoms with van der Waals surface area (Å²) in [5.41, 5.74) is -0.137. The Morgan fingerprint density at radius 2 is 2.17 bits per heavy atom. The van der Waals surface area contributed by atoms with Crippen LogP contribution < -0.4 is 9.64 Å². The third-order valence-corrected chi connectivity index (χ3v) is 3.45. The third-order valence-electron chi connectivity index (χ3n) is 3.45. The van der Waals surface area contributed by atoms with Gasteiger partial charge in [0.2, 0.25) is 5.91 Å². The standard InChI is InChI=1S/C14H15N3O7/c1-2-15(7-14(20)21)12(18)6-16-10-5-9(17(22)23)3-4-11(10)24-8-13(16)19/h3-5H,2,6-8H2,1H3,(H,20,21). The van der Waals surface area contributed by atoms with E-state index in [-0.39, 0.29) is 30.3 Å². The Labute approximate surface area is 136 Å². The van der Waals surface area contributed by atoms with Gasteiger partial charge in [-0.1, -0.05) is 0 Å². The second kappa shape index (κ2) is 6.94. The number of aliphatic carboxylic acids is 1. The maximum Gasteiger partial charge on any atom is 0.323 e. The number of benzene rings is 1. The van der Waals surface area contributed by atoms with E-state index in [1.54, 1.807) is 6.92 Å². The highest BCUT2D eigenvalue weighted by Gasteiger charge is 2.30. The van der Waals surface area contributed by atoms with Crippen molar-refractivity contribution in [1.29, 1.82) is 0 Å². The number of nitrogens with zero attached hydrogens (tertiary/aromatic N) is 3. The van der Waals surface area contributed by atoms with Crippen LogP contribution in [0, 0.1) is 10.1 Å². The Morgan fingerprint density at radius 1 is 1.46 bits per heavy atom. The monoisotopic (exact) mass is 337 g/mol. The lowest BCUT2D eigenvalue weighted by atomic mass is 10.2. The van der Waals surface area contributed by atoms with Gasteiger partial charge in [-0.25, -0.2) is 0 Å². The largest absolute Gasteiger partial charge is 0.482 e. The summed E-state index contributed by atoms with van der Waals surface area (Å²) in [6, 6.07) is 3.73. The highest BCUT2D eigenvalue weighted by Crippen LogP contribution is 2.35. The lowest BCUT2D eigenvalue weighted by Gasteiger charge is -2.30. The van der Waals surface area contributed by atoms with E-state index in [1.165, 1.54) is 12.1 Å². The maximum absolute atomic E-state index is 12.2. The fraction of sp³-hybridized carbons (Fsp3) is 0.357. The molecule has 1 heterocycles. The lowest BCUT2D eigenvalue weighted by molar-refractivity contribution is -0.384. The molecular weight excluding hydrogens is 322 g/mol. The van der Waals surface area contributed by atoms with Crippen LogP contribution >= 0.6 is 0 Å². The molecule has 128 valence electrons. The number of hydrogen-bond donors (Lipinski definition) is 1. The highest BCUT2D eigenvalue weighted by molar-refractivity contribution is 6.02. The molecule has 0 aliphatic carbocycles.